The Labute approximate surface area is 175 Å². The number of hydrogen-bond donors (Lipinski definition) is 1. The largest absolute Gasteiger partial charge is 0.450 e. The lowest BCUT2D eigenvalue weighted by Crippen LogP contribution is -2.19. The third-order valence-corrected chi connectivity index (χ3v) is 6.02. The fourth-order valence-electron chi connectivity index (χ4n) is 2.41. The molecule has 4 rings (SSSR count). The molecule has 0 bridgehead atoms. The molecule has 5 nitrogen and oxygen atoms in total. The molecule has 0 radical (unpaired) electrons. The van der Waals surface area contributed by atoms with Crippen LogP contribution < -0.4 is 5.32 Å². The summed E-state index contributed by atoms with van der Waals surface area (Å²) in [7, 11) is 0. The molecule has 0 atom stereocenters. The zero-order valence-corrected chi connectivity index (χ0v) is 17.1. The highest BCUT2D eigenvalue weighted by atomic mass is 35.5. The van der Waals surface area contributed by atoms with Crippen molar-refractivity contribution in [1.29, 1.82) is 0 Å². The number of rotatable bonds is 4. The molecule has 1 amide bonds. The van der Waals surface area contributed by atoms with Gasteiger partial charge in [0.1, 0.15) is 10.8 Å². The predicted octanol–water partition coefficient (Wildman–Crippen LogP) is 5.68. The standard InChI is InChI=1S/C20H14ClN3O2S2/c1-12-14(21)5-4-6-15(12)23-20-24-19(25)16(27-20)11-13-8-9-18(26-13)28-17-7-2-3-10-22-17/h2-11H,1H3,(H,23,24,25)/b16-11-. The minimum Gasteiger partial charge on any atom is -0.450 e. The van der Waals surface area contributed by atoms with Gasteiger partial charge in [-0.25, -0.2) is 9.98 Å². The third kappa shape index (κ3) is 4.32. The number of amides is 1. The Hall–Kier alpha value is -2.48. The van der Waals surface area contributed by atoms with Crippen molar-refractivity contribution in [1.82, 2.24) is 10.3 Å². The van der Waals surface area contributed by atoms with E-state index in [9.17, 15) is 4.79 Å². The topological polar surface area (TPSA) is 67.5 Å². The quantitative estimate of drug-likeness (QED) is 0.542. The van der Waals surface area contributed by atoms with E-state index in [0.29, 0.717) is 25.9 Å². The molecule has 28 heavy (non-hydrogen) atoms. The van der Waals surface area contributed by atoms with Gasteiger partial charge in [-0.15, -0.1) is 0 Å². The molecule has 1 aliphatic heterocycles. The van der Waals surface area contributed by atoms with E-state index in [-0.39, 0.29) is 5.91 Å². The molecule has 8 heteroatoms. The minimum atomic E-state index is -0.209. The minimum absolute atomic E-state index is 0.209. The van der Waals surface area contributed by atoms with Crippen LogP contribution in [0.5, 0.6) is 0 Å². The summed E-state index contributed by atoms with van der Waals surface area (Å²) in [5.41, 5.74) is 1.59. The second-order valence-electron chi connectivity index (χ2n) is 5.79. The van der Waals surface area contributed by atoms with E-state index in [1.807, 2.05) is 55.5 Å². The number of halogens is 1. The highest BCUT2D eigenvalue weighted by Crippen LogP contribution is 2.33. The number of pyridine rings is 1. The van der Waals surface area contributed by atoms with Gasteiger partial charge >= 0.3 is 0 Å². The molecular formula is C20H14ClN3O2S2. The van der Waals surface area contributed by atoms with E-state index in [4.69, 9.17) is 16.0 Å². The molecule has 1 aromatic carbocycles. The molecule has 1 saturated heterocycles. The SMILES string of the molecule is Cc1c(Cl)cccc1N=C1NC(=O)/C(=C/c2ccc(Sc3ccccn3)o2)S1. The van der Waals surface area contributed by atoms with Gasteiger partial charge in [0.05, 0.1) is 10.6 Å². The number of benzene rings is 1. The van der Waals surface area contributed by atoms with Crippen molar-refractivity contribution in [3.8, 4) is 0 Å². The van der Waals surface area contributed by atoms with Crippen molar-refractivity contribution in [2.75, 3.05) is 0 Å². The summed E-state index contributed by atoms with van der Waals surface area (Å²) >= 11 is 8.82. The number of amidine groups is 1. The van der Waals surface area contributed by atoms with Crippen LogP contribution in [0, 0.1) is 6.92 Å². The van der Waals surface area contributed by atoms with Crippen LogP contribution in [0.25, 0.3) is 6.08 Å². The van der Waals surface area contributed by atoms with Crippen molar-refractivity contribution in [2.45, 2.75) is 17.0 Å². The highest BCUT2D eigenvalue weighted by Gasteiger charge is 2.24. The van der Waals surface area contributed by atoms with Gasteiger partial charge in [-0.05, 0) is 72.4 Å². The second-order valence-corrected chi connectivity index (χ2v) is 8.26. The molecule has 1 N–H and O–H groups in total. The van der Waals surface area contributed by atoms with Crippen molar-refractivity contribution in [3.63, 3.8) is 0 Å². The van der Waals surface area contributed by atoms with Gasteiger partial charge in [-0.3, -0.25) is 4.79 Å². The first-order chi connectivity index (χ1) is 13.6. The van der Waals surface area contributed by atoms with E-state index < -0.39 is 0 Å². The molecule has 140 valence electrons. The summed E-state index contributed by atoms with van der Waals surface area (Å²) in [5.74, 6) is 0.384. The summed E-state index contributed by atoms with van der Waals surface area (Å²) in [6.07, 6.45) is 3.44. The lowest BCUT2D eigenvalue weighted by atomic mass is 10.2. The van der Waals surface area contributed by atoms with Gasteiger partial charge in [0, 0.05) is 17.3 Å². The summed E-state index contributed by atoms with van der Waals surface area (Å²) in [6.45, 7) is 1.89. The number of aliphatic imine (C=N–C) groups is 1. The number of hydrogen-bond acceptors (Lipinski definition) is 6. The van der Waals surface area contributed by atoms with Crippen molar-refractivity contribution in [3.05, 3.63) is 76.0 Å². The van der Waals surface area contributed by atoms with E-state index in [1.54, 1.807) is 12.3 Å². The molecule has 0 unspecified atom stereocenters. The number of carbonyl (C=O) groups excluding carboxylic acids is 1. The van der Waals surface area contributed by atoms with Crippen LogP contribution in [-0.2, 0) is 4.79 Å². The Morgan fingerprint density at radius 1 is 1.21 bits per heavy atom. The molecule has 3 heterocycles. The van der Waals surface area contributed by atoms with Crippen LogP contribution in [0.4, 0.5) is 5.69 Å². The fourth-order valence-corrected chi connectivity index (χ4v) is 4.14. The Balaban J connectivity index is 1.51. The lowest BCUT2D eigenvalue weighted by molar-refractivity contribution is -0.115. The third-order valence-electron chi connectivity index (χ3n) is 3.83. The molecule has 2 aromatic heterocycles. The summed E-state index contributed by atoms with van der Waals surface area (Å²) in [5, 5.41) is 5.47. The van der Waals surface area contributed by atoms with Crippen LogP contribution in [-0.4, -0.2) is 16.1 Å². The monoisotopic (exact) mass is 427 g/mol. The van der Waals surface area contributed by atoms with Crippen LogP contribution in [0.2, 0.25) is 5.02 Å². The smallest absolute Gasteiger partial charge is 0.264 e. The van der Waals surface area contributed by atoms with Gasteiger partial charge in [0.25, 0.3) is 5.91 Å². The summed E-state index contributed by atoms with van der Waals surface area (Å²) in [4.78, 5) is 21.5. The zero-order chi connectivity index (χ0) is 19.5. The Morgan fingerprint density at radius 2 is 2.11 bits per heavy atom. The Morgan fingerprint density at radius 3 is 2.93 bits per heavy atom. The number of nitrogens with one attached hydrogen (secondary N) is 1. The number of thioether (sulfide) groups is 1. The molecule has 0 aliphatic carbocycles. The van der Waals surface area contributed by atoms with Gasteiger partial charge < -0.3 is 9.73 Å². The van der Waals surface area contributed by atoms with Gasteiger partial charge in [0.15, 0.2) is 10.3 Å². The number of aromatic nitrogens is 1. The van der Waals surface area contributed by atoms with Crippen molar-refractivity contribution >= 4 is 58.0 Å². The van der Waals surface area contributed by atoms with Crippen molar-refractivity contribution in [2.24, 2.45) is 4.99 Å². The lowest BCUT2D eigenvalue weighted by Gasteiger charge is -2.02. The van der Waals surface area contributed by atoms with E-state index in [1.165, 1.54) is 23.5 Å². The molecule has 0 saturated carbocycles. The van der Waals surface area contributed by atoms with Gasteiger partial charge in [-0.2, -0.15) is 0 Å². The highest BCUT2D eigenvalue weighted by molar-refractivity contribution is 8.18. The Kier molecular flexibility index (Phi) is 5.57. The predicted molar refractivity (Wildman–Crippen MR) is 114 cm³/mol. The van der Waals surface area contributed by atoms with Gasteiger partial charge in [-0.1, -0.05) is 23.7 Å². The number of nitrogens with zero attached hydrogens (tertiary/aromatic N) is 2. The molecule has 3 aromatic rings. The number of carbonyl (C=O) groups is 1. The summed E-state index contributed by atoms with van der Waals surface area (Å²) in [6, 6.07) is 14.9. The van der Waals surface area contributed by atoms with Crippen LogP contribution >= 0.6 is 35.1 Å². The van der Waals surface area contributed by atoms with Crippen LogP contribution in [0.15, 0.2) is 79.2 Å². The molecule has 1 fully saturated rings. The normalized spacial score (nSPS) is 16.7. The first-order valence-electron chi connectivity index (χ1n) is 8.32. The van der Waals surface area contributed by atoms with Gasteiger partial charge in [0.2, 0.25) is 0 Å². The first kappa shape index (κ1) is 18.9. The average molecular weight is 428 g/mol. The summed E-state index contributed by atoms with van der Waals surface area (Å²) < 4.78 is 5.78. The van der Waals surface area contributed by atoms with Crippen LogP contribution in [0.3, 0.4) is 0 Å². The maximum Gasteiger partial charge on any atom is 0.264 e. The van der Waals surface area contributed by atoms with Crippen LogP contribution in [0.1, 0.15) is 11.3 Å². The number of furan rings is 1. The molecule has 1 aliphatic rings. The maximum atomic E-state index is 12.3. The second kappa shape index (κ2) is 8.26. The average Bonchev–Trinajstić information content (AvgIpc) is 3.26. The molecule has 0 spiro atoms. The zero-order valence-electron chi connectivity index (χ0n) is 14.7. The maximum absolute atomic E-state index is 12.3. The fraction of sp³-hybridized carbons (Fsp3) is 0.0500. The van der Waals surface area contributed by atoms with E-state index >= 15 is 0 Å². The first-order valence-corrected chi connectivity index (χ1v) is 10.3. The van der Waals surface area contributed by atoms with E-state index in [2.05, 4.69) is 15.3 Å². The van der Waals surface area contributed by atoms with Crippen molar-refractivity contribution < 1.29 is 9.21 Å². The Bertz CT molecular complexity index is 1090. The van der Waals surface area contributed by atoms with E-state index in [0.717, 1.165) is 16.3 Å². The molecular weight excluding hydrogens is 414 g/mol.